The zero-order valence-corrected chi connectivity index (χ0v) is 31.2. The van der Waals surface area contributed by atoms with Crippen molar-refractivity contribution in [1.29, 1.82) is 0 Å². The molecule has 0 spiro atoms. The summed E-state index contributed by atoms with van der Waals surface area (Å²) in [6, 6.07) is 13.5. The third-order valence-electron chi connectivity index (χ3n) is 8.68. The number of nitrogens with zero attached hydrogens (tertiary/aromatic N) is 5. The first kappa shape index (κ1) is 38.1. The molecule has 4 heterocycles. The quantitative estimate of drug-likeness (QED) is 0.222. The Hall–Kier alpha value is -5.18. The van der Waals surface area contributed by atoms with Crippen molar-refractivity contribution in [1.82, 2.24) is 44.8 Å². The van der Waals surface area contributed by atoms with Gasteiger partial charge in [0.15, 0.2) is 11.5 Å². The van der Waals surface area contributed by atoms with Crippen LogP contribution in [0.2, 0.25) is 0 Å². The molecule has 14 nitrogen and oxygen atoms in total. The number of ether oxygens (including phenoxy) is 1. The highest BCUT2D eigenvalue weighted by molar-refractivity contribution is 6.99. The number of hydrogen-bond donors (Lipinski definition) is 4. The Morgan fingerprint density at radius 2 is 1.69 bits per heavy atom. The first-order valence-corrected chi connectivity index (χ1v) is 18.3. The van der Waals surface area contributed by atoms with E-state index >= 15 is 0 Å². The van der Waals surface area contributed by atoms with Gasteiger partial charge in [-0.05, 0) is 55.4 Å². The van der Waals surface area contributed by atoms with Gasteiger partial charge in [-0.25, -0.2) is 9.67 Å². The number of amides is 4. The Kier molecular flexibility index (Phi) is 12.7. The Morgan fingerprint density at radius 1 is 0.962 bits per heavy atom. The Labute approximate surface area is 307 Å². The SMILES string of the molecule is Cc1nc2n(n1)CC(=O)N[C@@H](CC(C)C)COc1ccc(cc1)C[C@@H](NC(=O)c1nsnc1C)C(=O)N[C@@H](Cc1ccccc1)C(=O)N[C@H]2C(C)C. The van der Waals surface area contributed by atoms with Crippen molar-refractivity contribution in [2.75, 3.05) is 6.61 Å². The lowest BCUT2D eigenvalue weighted by Crippen LogP contribution is -2.55. The standard InChI is InChI=1S/C37H47N9O5S/c1-21(2)16-27-20-51-28-14-12-26(13-15-28)18-29(41-37(50)33-23(5)44-52-45-33)35(48)40-30(17-25-10-8-7-9-11-25)36(49)42-32(22(3)4)34-38-24(6)43-46(34)19-31(47)39-27/h7-15,21-22,27,29-30,32H,16-20H2,1-6H3,(H,39,47)(H,40,48)(H,41,50)(H,42,49)/t27-,29+,30-,32-/m0/s1. The van der Waals surface area contributed by atoms with E-state index in [9.17, 15) is 19.2 Å². The van der Waals surface area contributed by atoms with Crippen LogP contribution in [-0.4, -0.2) is 71.9 Å². The monoisotopic (exact) mass is 729 g/mol. The highest BCUT2D eigenvalue weighted by atomic mass is 32.1. The largest absolute Gasteiger partial charge is 0.491 e. The van der Waals surface area contributed by atoms with Crippen LogP contribution in [-0.2, 0) is 33.8 Å². The highest BCUT2D eigenvalue weighted by Gasteiger charge is 2.32. The van der Waals surface area contributed by atoms with Crippen molar-refractivity contribution >= 4 is 35.4 Å². The number of benzene rings is 2. The normalized spacial score (nSPS) is 20.4. The number of carbonyl (C=O) groups is 4. The van der Waals surface area contributed by atoms with Gasteiger partial charge in [0.1, 0.15) is 36.8 Å². The zero-order chi connectivity index (χ0) is 37.4. The summed E-state index contributed by atoms with van der Waals surface area (Å²) in [5.41, 5.74) is 2.16. The van der Waals surface area contributed by atoms with Crippen LogP contribution in [0.15, 0.2) is 54.6 Å². The van der Waals surface area contributed by atoms with Gasteiger partial charge in [-0.2, -0.15) is 13.8 Å². The Morgan fingerprint density at radius 3 is 2.35 bits per heavy atom. The van der Waals surface area contributed by atoms with Crippen LogP contribution >= 0.6 is 11.7 Å². The molecule has 0 unspecified atom stereocenters. The molecule has 2 aliphatic heterocycles. The molecule has 52 heavy (non-hydrogen) atoms. The lowest BCUT2D eigenvalue weighted by atomic mass is 10.00. The third kappa shape index (κ3) is 10.2. The molecule has 4 aromatic rings. The van der Waals surface area contributed by atoms with Gasteiger partial charge in [-0.15, -0.1) is 0 Å². The van der Waals surface area contributed by atoms with Gasteiger partial charge in [0, 0.05) is 12.8 Å². The number of fused-ring (bicyclic) bond motifs is 14. The maximum atomic E-state index is 14.3. The van der Waals surface area contributed by atoms with Crippen molar-refractivity contribution in [2.45, 2.75) is 91.5 Å². The molecule has 0 saturated heterocycles. The van der Waals surface area contributed by atoms with Gasteiger partial charge in [-0.3, -0.25) is 19.2 Å². The molecule has 4 N–H and O–H groups in total. The Bertz CT molecular complexity index is 1840. The summed E-state index contributed by atoms with van der Waals surface area (Å²) in [5, 5.41) is 16.5. The van der Waals surface area contributed by atoms with E-state index in [1.807, 2.05) is 56.3 Å². The van der Waals surface area contributed by atoms with E-state index in [-0.39, 0.29) is 55.5 Å². The summed E-state index contributed by atoms with van der Waals surface area (Å²) in [7, 11) is 0. The topological polar surface area (TPSA) is 182 Å². The van der Waals surface area contributed by atoms with Crippen LogP contribution in [0.5, 0.6) is 5.75 Å². The molecule has 4 amide bonds. The Balaban J connectivity index is 1.53. The smallest absolute Gasteiger partial charge is 0.273 e. The van der Waals surface area contributed by atoms with E-state index in [1.54, 1.807) is 26.0 Å². The maximum Gasteiger partial charge on any atom is 0.273 e. The van der Waals surface area contributed by atoms with Gasteiger partial charge in [0.25, 0.3) is 5.91 Å². The first-order chi connectivity index (χ1) is 24.9. The molecular formula is C37H47N9O5S. The summed E-state index contributed by atoms with van der Waals surface area (Å²) >= 11 is 0.913. The number of aryl methyl sites for hydroxylation is 2. The summed E-state index contributed by atoms with van der Waals surface area (Å²) in [5.74, 6) is -0.220. The molecule has 2 aliphatic rings. The van der Waals surface area contributed by atoms with E-state index in [1.165, 1.54) is 4.68 Å². The number of nitrogens with one attached hydrogen (secondary N) is 4. The van der Waals surface area contributed by atoms with E-state index in [2.05, 4.69) is 53.9 Å². The van der Waals surface area contributed by atoms with Crippen molar-refractivity contribution < 1.29 is 23.9 Å². The molecule has 2 aromatic heterocycles. The van der Waals surface area contributed by atoms with Crippen LogP contribution in [0, 0.1) is 25.7 Å². The molecule has 0 saturated carbocycles. The van der Waals surface area contributed by atoms with Crippen LogP contribution in [0.25, 0.3) is 0 Å². The molecule has 0 radical (unpaired) electrons. The van der Waals surface area contributed by atoms with Crippen molar-refractivity contribution in [3.05, 3.63) is 88.8 Å². The lowest BCUT2D eigenvalue weighted by molar-refractivity contribution is -0.130. The molecule has 0 aliphatic carbocycles. The summed E-state index contributed by atoms with van der Waals surface area (Å²) in [6.45, 7) is 11.6. The van der Waals surface area contributed by atoms with Gasteiger partial charge in [-0.1, -0.05) is 70.2 Å². The van der Waals surface area contributed by atoms with Crippen LogP contribution in [0.4, 0.5) is 0 Å². The van der Waals surface area contributed by atoms with E-state index in [4.69, 9.17) is 4.74 Å². The zero-order valence-electron chi connectivity index (χ0n) is 30.4. The fourth-order valence-electron chi connectivity index (χ4n) is 6.11. The molecule has 6 rings (SSSR count). The minimum Gasteiger partial charge on any atom is -0.491 e. The summed E-state index contributed by atoms with van der Waals surface area (Å²) in [6.07, 6.45) is 0.985. The van der Waals surface area contributed by atoms with Crippen LogP contribution in [0.3, 0.4) is 0 Å². The highest BCUT2D eigenvalue weighted by Crippen LogP contribution is 2.22. The number of aromatic nitrogens is 5. The molecule has 2 aromatic carbocycles. The molecule has 4 atom stereocenters. The molecule has 276 valence electrons. The molecule has 15 heteroatoms. The van der Waals surface area contributed by atoms with Crippen LogP contribution in [0.1, 0.15) is 79.1 Å². The summed E-state index contributed by atoms with van der Waals surface area (Å²) in [4.78, 5) is 59.9. The van der Waals surface area contributed by atoms with Gasteiger partial charge in [0.2, 0.25) is 17.7 Å². The predicted molar refractivity (Wildman–Crippen MR) is 195 cm³/mol. The molecule has 2 bridgehead atoms. The summed E-state index contributed by atoms with van der Waals surface area (Å²) < 4.78 is 15.9. The molecular weight excluding hydrogens is 683 g/mol. The van der Waals surface area contributed by atoms with E-state index in [0.717, 1.165) is 22.9 Å². The second-order valence-corrected chi connectivity index (χ2v) is 14.5. The maximum absolute atomic E-state index is 14.3. The number of hydrogen-bond acceptors (Lipinski definition) is 10. The second-order valence-electron chi connectivity index (χ2n) is 13.9. The average Bonchev–Trinajstić information content (AvgIpc) is 3.69. The van der Waals surface area contributed by atoms with Gasteiger partial charge in [0.05, 0.1) is 29.5 Å². The fourth-order valence-corrected chi connectivity index (χ4v) is 6.65. The fraction of sp³-hybridized carbons (Fsp3) is 0.459. The number of carbonyl (C=O) groups excluding carboxylic acids is 4. The third-order valence-corrected chi connectivity index (χ3v) is 9.30. The van der Waals surface area contributed by atoms with Crippen molar-refractivity contribution in [2.24, 2.45) is 11.8 Å². The van der Waals surface area contributed by atoms with E-state index in [0.29, 0.717) is 29.5 Å². The predicted octanol–water partition coefficient (Wildman–Crippen LogP) is 3.25. The van der Waals surface area contributed by atoms with E-state index < -0.39 is 35.8 Å². The number of rotatable bonds is 7. The average molecular weight is 730 g/mol. The van der Waals surface area contributed by atoms with Gasteiger partial charge < -0.3 is 26.0 Å². The lowest BCUT2D eigenvalue weighted by Gasteiger charge is -2.27. The van der Waals surface area contributed by atoms with Crippen molar-refractivity contribution in [3.8, 4) is 5.75 Å². The minimum atomic E-state index is -1.06. The van der Waals surface area contributed by atoms with Gasteiger partial charge >= 0.3 is 0 Å². The van der Waals surface area contributed by atoms with Crippen LogP contribution < -0.4 is 26.0 Å². The first-order valence-electron chi connectivity index (χ1n) is 17.5. The second kappa shape index (κ2) is 17.4. The minimum absolute atomic E-state index is 0.113. The van der Waals surface area contributed by atoms with Crippen molar-refractivity contribution in [3.63, 3.8) is 0 Å². The molecule has 0 fully saturated rings.